The van der Waals surface area contributed by atoms with Gasteiger partial charge in [0.2, 0.25) is 0 Å². The van der Waals surface area contributed by atoms with Crippen molar-refractivity contribution in [2.75, 3.05) is 19.6 Å². The van der Waals surface area contributed by atoms with E-state index >= 15 is 0 Å². The minimum atomic E-state index is 0.103. The molecule has 1 atom stereocenters. The third kappa shape index (κ3) is 2.55. The number of hydrogen-bond acceptors (Lipinski definition) is 3. The monoisotopic (exact) mass is 312 g/mol. The summed E-state index contributed by atoms with van der Waals surface area (Å²) in [5.74, 6) is 0.953. The maximum atomic E-state index is 12.8. The molecule has 23 heavy (non-hydrogen) atoms. The lowest BCUT2D eigenvalue weighted by molar-refractivity contribution is 0.00218. The van der Waals surface area contributed by atoms with Gasteiger partial charge in [0.25, 0.3) is 5.91 Å². The number of hydrogen-bond donors (Lipinski definition) is 0. The Morgan fingerprint density at radius 3 is 2.87 bits per heavy atom. The molecule has 4 heteroatoms. The predicted octanol–water partition coefficient (Wildman–Crippen LogP) is 3.44. The molecule has 1 amide bonds. The molecular formula is C19H24N2O2. The number of fused-ring (bicyclic) bond motifs is 1. The molecule has 1 aromatic heterocycles. The normalized spacial score (nSPS) is 23.2. The summed E-state index contributed by atoms with van der Waals surface area (Å²) in [4.78, 5) is 17.4. The number of para-hydroxylation sites is 1. The van der Waals surface area contributed by atoms with Gasteiger partial charge in [-0.25, -0.2) is 0 Å². The Bertz CT molecular complexity index is 730. The maximum absolute atomic E-state index is 12.8. The molecule has 0 bridgehead atoms. The van der Waals surface area contributed by atoms with Crippen LogP contribution in [0.25, 0.3) is 11.0 Å². The minimum absolute atomic E-state index is 0.103. The van der Waals surface area contributed by atoms with Crippen LogP contribution in [0.15, 0.2) is 28.7 Å². The molecular weight excluding hydrogens is 288 g/mol. The fourth-order valence-electron chi connectivity index (χ4n) is 4.02. The zero-order chi connectivity index (χ0) is 16.0. The number of carbonyl (C=O) groups excluding carboxylic acids is 1. The van der Waals surface area contributed by atoms with E-state index in [2.05, 4.69) is 11.8 Å². The molecule has 0 aliphatic carbocycles. The molecule has 2 fully saturated rings. The number of furan rings is 1. The van der Waals surface area contributed by atoms with Crippen molar-refractivity contribution < 1.29 is 9.21 Å². The molecule has 2 aromatic rings. The van der Waals surface area contributed by atoms with Crippen molar-refractivity contribution in [2.24, 2.45) is 0 Å². The summed E-state index contributed by atoms with van der Waals surface area (Å²) < 4.78 is 5.74. The number of benzene rings is 1. The average Bonchev–Trinajstić information content (AvgIpc) is 2.87. The number of likely N-dealkylation sites (tertiary alicyclic amines) is 2. The van der Waals surface area contributed by atoms with Crippen LogP contribution in [0, 0.1) is 6.92 Å². The zero-order valence-corrected chi connectivity index (χ0v) is 13.9. The SMILES string of the molecule is Cc1cc2cccc(C(=O)N3CC(N4CCCC[C@H]4C)C3)c2o1. The lowest BCUT2D eigenvalue weighted by atomic mass is 9.97. The first kappa shape index (κ1) is 14.8. The molecule has 0 N–H and O–H groups in total. The van der Waals surface area contributed by atoms with Gasteiger partial charge in [0.05, 0.1) is 5.56 Å². The van der Waals surface area contributed by atoms with Crippen molar-refractivity contribution >= 4 is 16.9 Å². The van der Waals surface area contributed by atoms with Crippen LogP contribution in [-0.4, -0.2) is 47.4 Å². The third-order valence-electron chi connectivity index (χ3n) is 5.37. The zero-order valence-electron chi connectivity index (χ0n) is 13.9. The van der Waals surface area contributed by atoms with E-state index in [1.165, 1.54) is 25.8 Å². The second-order valence-electron chi connectivity index (χ2n) is 7.03. The summed E-state index contributed by atoms with van der Waals surface area (Å²) in [6, 6.07) is 8.99. The summed E-state index contributed by atoms with van der Waals surface area (Å²) >= 11 is 0. The molecule has 1 aromatic carbocycles. The lowest BCUT2D eigenvalue weighted by Gasteiger charge is -2.49. The molecule has 4 nitrogen and oxygen atoms in total. The molecule has 3 heterocycles. The minimum Gasteiger partial charge on any atom is -0.461 e. The number of carbonyl (C=O) groups is 1. The Kier molecular flexibility index (Phi) is 3.64. The van der Waals surface area contributed by atoms with E-state index in [9.17, 15) is 4.79 Å². The summed E-state index contributed by atoms with van der Waals surface area (Å²) in [5.41, 5.74) is 1.42. The van der Waals surface area contributed by atoms with Crippen molar-refractivity contribution in [1.29, 1.82) is 0 Å². The number of amides is 1. The van der Waals surface area contributed by atoms with Gasteiger partial charge in [-0.2, -0.15) is 0 Å². The largest absolute Gasteiger partial charge is 0.461 e. The molecule has 0 spiro atoms. The van der Waals surface area contributed by atoms with Crippen LogP contribution < -0.4 is 0 Å². The van der Waals surface area contributed by atoms with E-state index in [4.69, 9.17) is 4.42 Å². The van der Waals surface area contributed by atoms with Gasteiger partial charge < -0.3 is 9.32 Å². The number of aryl methyl sites for hydroxylation is 1. The van der Waals surface area contributed by atoms with Gasteiger partial charge in [-0.3, -0.25) is 9.69 Å². The van der Waals surface area contributed by atoms with Crippen LogP contribution >= 0.6 is 0 Å². The van der Waals surface area contributed by atoms with Crippen molar-refractivity contribution in [1.82, 2.24) is 9.80 Å². The van der Waals surface area contributed by atoms with Gasteiger partial charge in [-0.05, 0) is 45.4 Å². The number of piperidine rings is 1. The third-order valence-corrected chi connectivity index (χ3v) is 5.37. The highest BCUT2D eigenvalue weighted by molar-refractivity contribution is 6.05. The van der Waals surface area contributed by atoms with Gasteiger partial charge in [0.1, 0.15) is 11.3 Å². The lowest BCUT2D eigenvalue weighted by Crippen LogP contribution is -2.63. The average molecular weight is 312 g/mol. The molecule has 2 aliphatic heterocycles. The molecule has 2 aliphatic rings. The van der Waals surface area contributed by atoms with Crippen LogP contribution in [0.1, 0.15) is 42.3 Å². The molecule has 122 valence electrons. The van der Waals surface area contributed by atoms with Gasteiger partial charge in [0.15, 0.2) is 0 Å². The highest BCUT2D eigenvalue weighted by atomic mass is 16.3. The summed E-state index contributed by atoms with van der Waals surface area (Å²) in [5, 5.41) is 1.01. The number of nitrogens with zero attached hydrogens (tertiary/aromatic N) is 2. The van der Waals surface area contributed by atoms with Crippen molar-refractivity contribution in [2.45, 2.75) is 45.2 Å². The number of rotatable bonds is 2. The summed E-state index contributed by atoms with van der Waals surface area (Å²) in [6.45, 7) is 7.11. The van der Waals surface area contributed by atoms with Crippen molar-refractivity contribution in [3.8, 4) is 0 Å². The maximum Gasteiger partial charge on any atom is 0.257 e. The van der Waals surface area contributed by atoms with Gasteiger partial charge in [-0.15, -0.1) is 0 Å². The fraction of sp³-hybridized carbons (Fsp3) is 0.526. The Morgan fingerprint density at radius 2 is 2.09 bits per heavy atom. The Hall–Kier alpha value is -1.81. The fourth-order valence-corrected chi connectivity index (χ4v) is 4.02. The molecule has 0 saturated carbocycles. The van der Waals surface area contributed by atoms with E-state index in [-0.39, 0.29) is 5.91 Å². The molecule has 2 saturated heterocycles. The standard InChI is InChI=1S/C19H24N2O2/c1-13-6-3-4-9-21(13)16-11-20(12-16)19(22)17-8-5-7-15-10-14(2)23-18(15)17/h5,7-8,10,13,16H,3-4,6,9,11-12H2,1-2H3/t13-/m1/s1. The van der Waals surface area contributed by atoms with Crippen LogP contribution in [-0.2, 0) is 0 Å². The predicted molar refractivity (Wildman–Crippen MR) is 90.7 cm³/mol. The second kappa shape index (κ2) is 5.68. The van der Waals surface area contributed by atoms with Crippen LogP contribution in [0.5, 0.6) is 0 Å². The van der Waals surface area contributed by atoms with Gasteiger partial charge in [-0.1, -0.05) is 18.6 Å². The topological polar surface area (TPSA) is 36.7 Å². The van der Waals surface area contributed by atoms with Gasteiger partial charge >= 0.3 is 0 Å². The smallest absolute Gasteiger partial charge is 0.257 e. The highest BCUT2D eigenvalue weighted by Crippen LogP contribution is 2.28. The van der Waals surface area contributed by atoms with E-state index in [0.29, 0.717) is 17.6 Å². The van der Waals surface area contributed by atoms with E-state index in [1.807, 2.05) is 36.1 Å². The summed E-state index contributed by atoms with van der Waals surface area (Å²) in [7, 11) is 0. The van der Waals surface area contributed by atoms with Crippen LogP contribution in [0.3, 0.4) is 0 Å². The molecule has 0 radical (unpaired) electrons. The Labute approximate surface area is 137 Å². The quantitative estimate of drug-likeness (QED) is 0.852. The summed E-state index contributed by atoms with van der Waals surface area (Å²) in [6.07, 6.45) is 3.92. The molecule has 0 unspecified atom stereocenters. The van der Waals surface area contributed by atoms with E-state index in [0.717, 1.165) is 29.8 Å². The van der Waals surface area contributed by atoms with Crippen LogP contribution in [0.4, 0.5) is 0 Å². The Morgan fingerprint density at radius 1 is 1.26 bits per heavy atom. The van der Waals surface area contributed by atoms with Crippen molar-refractivity contribution in [3.63, 3.8) is 0 Å². The van der Waals surface area contributed by atoms with Crippen LogP contribution in [0.2, 0.25) is 0 Å². The first-order valence-electron chi connectivity index (χ1n) is 8.67. The second-order valence-corrected chi connectivity index (χ2v) is 7.03. The van der Waals surface area contributed by atoms with Gasteiger partial charge in [0, 0.05) is 30.6 Å². The highest BCUT2D eigenvalue weighted by Gasteiger charge is 2.38. The van der Waals surface area contributed by atoms with Crippen molar-refractivity contribution in [3.05, 3.63) is 35.6 Å². The van der Waals surface area contributed by atoms with E-state index < -0.39 is 0 Å². The first-order chi connectivity index (χ1) is 11.1. The Balaban J connectivity index is 1.48. The van der Waals surface area contributed by atoms with E-state index in [1.54, 1.807) is 0 Å². The molecule has 4 rings (SSSR count). The first-order valence-corrected chi connectivity index (χ1v) is 8.67.